The number of nitrogens with zero attached hydrogens (tertiary/aromatic N) is 6. The van der Waals surface area contributed by atoms with Gasteiger partial charge < -0.3 is 0 Å². The first-order valence-electron chi connectivity index (χ1n) is 14.9. The van der Waals surface area contributed by atoms with E-state index in [0.717, 1.165) is 34.1 Å². The molecule has 3 aromatic heterocycles. The molecule has 3 heterocycles. The Hall–Kier alpha value is -5.31. The second-order valence-corrected chi connectivity index (χ2v) is 11.8. The topological polar surface area (TPSA) is 80.8 Å². The van der Waals surface area contributed by atoms with Crippen LogP contribution in [-0.2, 0) is 26.6 Å². The van der Waals surface area contributed by atoms with Gasteiger partial charge in [0.1, 0.15) is 0 Å². The number of rotatable bonds is 5. The third-order valence-electron chi connectivity index (χ3n) is 8.71. The molecule has 0 aliphatic rings. The van der Waals surface area contributed by atoms with Crippen LogP contribution in [0.2, 0.25) is 0 Å². The number of aryl methyl sites for hydroxylation is 1. The highest BCUT2D eigenvalue weighted by Crippen LogP contribution is 2.32. The second kappa shape index (κ2) is 12.0. The van der Waals surface area contributed by atoms with Crippen molar-refractivity contribution in [2.45, 2.75) is 40.0 Å². The number of para-hydroxylation sites is 3. The number of aromatic nitrogens is 6. The second-order valence-electron chi connectivity index (χ2n) is 11.8. The van der Waals surface area contributed by atoms with Crippen LogP contribution in [0.5, 0.6) is 0 Å². The minimum atomic E-state index is -0.780. The molecule has 0 aliphatic carbocycles. The van der Waals surface area contributed by atoms with E-state index in [9.17, 15) is 14.4 Å². The van der Waals surface area contributed by atoms with Gasteiger partial charge in [0.05, 0.1) is 28.2 Å². The SMILES string of the molecule is Cc1c(C(C)(C)c2c(C)n(C)n(-c3ccccc3)c2=O)c(=O)n(-c2ccccc2)n1C.Cc1cc(=O)n(-c2ccccc2)n1C. The van der Waals surface area contributed by atoms with E-state index in [2.05, 4.69) is 0 Å². The molecule has 0 spiro atoms. The molecule has 0 atom stereocenters. The molecule has 0 saturated carbocycles. The lowest BCUT2D eigenvalue weighted by atomic mass is 9.78. The maximum absolute atomic E-state index is 13.6. The predicted octanol–water partition coefficient (Wildman–Crippen LogP) is 5.09. The summed E-state index contributed by atoms with van der Waals surface area (Å²) < 4.78 is 10.6. The Labute approximate surface area is 262 Å². The molecule has 0 amide bonds. The fourth-order valence-corrected chi connectivity index (χ4v) is 6.21. The van der Waals surface area contributed by atoms with Crippen molar-refractivity contribution >= 4 is 0 Å². The first-order chi connectivity index (χ1) is 21.4. The molecule has 0 aliphatic heterocycles. The van der Waals surface area contributed by atoms with Crippen LogP contribution in [-0.4, -0.2) is 28.1 Å². The highest BCUT2D eigenvalue weighted by Gasteiger charge is 2.37. The fourth-order valence-electron chi connectivity index (χ4n) is 6.21. The van der Waals surface area contributed by atoms with Crippen LogP contribution in [0.25, 0.3) is 17.1 Å². The van der Waals surface area contributed by atoms with Crippen molar-refractivity contribution < 1.29 is 0 Å². The van der Waals surface area contributed by atoms with Gasteiger partial charge in [-0.3, -0.25) is 28.4 Å². The largest absolute Gasteiger partial charge is 0.285 e. The zero-order valence-corrected chi connectivity index (χ0v) is 27.1. The van der Waals surface area contributed by atoms with Crippen LogP contribution in [0, 0.1) is 20.8 Å². The van der Waals surface area contributed by atoms with Crippen LogP contribution in [0.1, 0.15) is 42.1 Å². The number of hydrogen-bond acceptors (Lipinski definition) is 3. The molecule has 0 unspecified atom stereocenters. The van der Waals surface area contributed by atoms with E-state index in [1.165, 1.54) is 0 Å². The molecule has 0 fully saturated rings. The summed E-state index contributed by atoms with van der Waals surface area (Å²) in [4.78, 5) is 38.9. The normalized spacial score (nSPS) is 11.4. The predicted molar refractivity (Wildman–Crippen MR) is 179 cm³/mol. The van der Waals surface area contributed by atoms with Crippen LogP contribution in [0.4, 0.5) is 0 Å². The van der Waals surface area contributed by atoms with Crippen molar-refractivity contribution in [3.63, 3.8) is 0 Å². The Morgan fingerprint density at radius 3 is 1.13 bits per heavy atom. The van der Waals surface area contributed by atoms with Gasteiger partial charge in [-0.05, 0) is 57.2 Å². The molecule has 9 heteroatoms. The molecule has 0 saturated heterocycles. The van der Waals surface area contributed by atoms with Crippen LogP contribution in [0.15, 0.2) is 111 Å². The molecule has 3 aromatic carbocycles. The summed E-state index contributed by atoms with van der Waals surface area (Å²) >= 11 is 0. The van der Waals surface area contributed by atoms with E-state index in [1.807, 2.05) is 161 Å². The van der Waals surface area contributed by atoms with E-state index in [1.54, 1.807) is 20.1 Å². The molecule has 0 radical (unpaired) electrons. The summed E-state index contributed by atoms with van der Waals surface area (Å²) in [6.07, 6.45) is 0. The fraction of sp³-hybridized carbons (Fsp3) is 0.250. The zero-order valence-electron chi connectivity index (χ0n) is 27.1. The van der Waals surface area contributed by atoms with Crippen LogP contribution in [0.3, 0.4) is 0 Å². The summed E-state index contributed by atoms with van der Waals surface area (Å²) in [5, 5.41) is 0. The quantitative estimate of drug-likeness (QED) is 0.275. The maximum atomic E-state index is 13.6. The van der Waals surface area contributed by atoms with Gasteiger partial charge in [-0.2, -0.15) is 0 Å². The van der Waals surface area contributed by atoms with Crippen molar-refractivity contribution in [3.05, 3.63) is 156 Å². The number of benzene rings is 3. The van der Waals surface area contributed by atoms with E-state index in [0.29, 0.717) is 11.1 Å². The minimum absolute atomic E-state index is 0.0104. The molecule has 45 heavy (non-hydrogen) atoms. The minimum Gasteiger partial charge on any atom is -0.285 e. The first kappa shape index (κ1) is 31.1. The average molecular weight is 605 g/mol. The molecule has 0 bridgehead atoms. The van der Waals surface area contributed by atoms with Crippen molar-refractivity contribution in [3.8, 4) is 17.1 Å². The maximum Gasteiger partial charge on any atom is 0.275 e. The van der Waals surface area contributed by atoms with E-state index >= 15 is 0 Å². The Kier molecular flexibility index (Phi) is 8.30. The molecule has 0 N–H and O–H groups in total. The Balaban J connectivity index is 0.000000238. The summed E-state index contributed by atoms with van der Waals surface area (Å²) in [7, 11) is 5.64. The van der Waals surface area contributed by atoms with Gasteiger partial charge in [0, 0.05) is 49.7 Å². The third-order valence-corrected chi connectivity index (χ3v) is 8.71. The van der Waals surface area contributed by atoms with Crippen molar-refractivity contribution in [2.75, 3.05) is 0 Å². The highest BCUT2D eigenvalue weighted by molar-refractivity contribution is 5.45. The lowest BCUT2D eigenvalue weighted by Gasteiger charge is -2.23. The van der Waals surface area contributed by atoms with Crippen molar-refractivity contribution in [1.82, 2.24) is 28.1 Å². The van der Waals surface area contributed by atoms with Crippen molar-refractivity contribution in [1.29, 1.82) is 0 Å². The summed E-state index contributed by atoms with van der Waals surface area (Å²) in [6.45, 7) is 9.72. The summed E-state index contributed by atoms with van der Waals surface area (Å²) in [5.41, 5.74) is 5.41. The van der Waals surface area contributed by atoms with Crippen molar-refractivity contribution in [2.24, 2.45) is 21.1 Å². The van der Waals surface area contributed by atoms with Gasteiger partial charge >= 0.3 is 0 Å². The monoisotopic (exact) mass is 604 g/mol. The van der Waals surface area contributed by atoms with Gasteiger partial charge in [0.15, 0.2) is 0 Å². The van der Waals surface area contributed by atoms with E-state index in [-0.39, 0.29) is 16.7 Å². The Morgan fingerprint density at radius 2 is 0.822 bits per heavy atom. The Bertz CT molecular complexity index is 2030. The van der Waals surface area contributed by atoms with Gasteiger partial charge in [-0.25, -0.2) is 14.0 Å². The standard InChI is InChI=1S/C25H28N4O2.C11H12N2O/c1-17-21(23(30)28(26(17)5)19-13-9-7-10-14-19)25(3,4)22-18(2)27(6)29(24(22)31)20-15-11-8-12-16-20;1-9-8-11(14)13(12(9)2)10-6-4-3-5-7-10/h7-16H,1-6H3;3-8H,1-2H3. The smallest absolute Gasteiger partial charge is 0.275 e. The van der Waals surface area contributed by atoms with Gasteiger partial charge in [-0.1, -0.05) is 68.4 Å². The third kappa shape index (κ3) is 5.35. The summed E-state index contributed by atoms with van der Waals surface area (Å²) in [5.74, 6) is 0. The van der Waals surface area contributed by atoms with Gasteiger partial charge in [0.2, 0.25) is 0 Å². The lowest BCUT2D eigenvalue weighted by Crippen LogP contribution is -2.34. The molecule has 6 aromatic rings. The van der Waals surface area contributed by atoms with Gasteiger partial charge in [-0.15, -0.1) is 0 Å². The van der Waals surface area contributed by atoms with Crippen LogP contribution >= 0.6 is 0 Å². The lowest BCUT2D eigenvalue weighted by molar-refractivity contribution is 0.614. The van der Waals surface area contributed by atoms with E-state index in [4.69, 9.17) is 0 Å². The Morgan fingerprint density at radius 1 is 0.489 bits per heavy atom. The summed E-state index contributed by atoms with van der Waals surface area (Å²) in [6, 6.07) is 30.4. The highest BCUT2D eigenvalue weighted by atomic mass is 16.1. The molecular weight excluding hydrogens is 564 g/mol. The number of hydrogen-bond donors (Lipinski definition) is 0. The van der Waals surface area contributed by atoms with Crippen LogP contribution < -0.4 is 16.7 Å². The molecule has 232 valence electrons. The zero-order chi connectivity index (χ0) is 32.6. The molecular formula is C36H40N6O3. The van der Waals surface area contributed by atoms with Gasteiger partial charge in [0.25, 0.3) is 16.7 Å². The molecule has 9 nitrogen and oxygen atoms in total. The van der Waals surface area contributed by atoms with E-state index < -0.39 is 5.41 Å². The average Bonchev–Trinajstić information content (AvgIpc) is 3.52. The molecule has 6 rings (SSSR count). The first-order valence-corrected chi connectivity index (χ1v) is 14.9.